The number of aromatic nitrogens is 5. The number of imide groups is 1. The highest BCUT2D eigenvalue weighted by Gasteiger charge is 2.33. The minimum Gasteiger partial charge on any atom is -0.386 e. The molecule has 3 aromatic heterocycles. The van der Waals surface area contributed by atoms with Crippen LogP contribution in [0.2, 0.25) is 0 Å². The van der Waals surface area contributed by atoms with Gasteiger partial charge < -0.3 is 15.3 Å². The number of hydrogen-bond donors (Lipinski definition) is 3. The highest BCUT2D eigenvalue weighted by Crippen LogP contribution is 2.37. The van der Waals surface area contributed by atoms with Gasteiger partial charge in [0, 0.05) is 66.5 Å². The summed E-state index contributed by atoms with van der Waals surface area (Å²) >= 11 is 0. The largest absolute Gasteiger partial charge is 0.386 e. The van der Waals surface area contributed by atoms with E-state index in [0.29, 0.717) is 35.3 Å². The molecule has 0 spiro atoms. The quantitative estimate of drug-likeness (QED) is 0.140. The molecule has 1 saturated carbocycles. The van der Waals surface area contributed by atoms with Gasteiger partial charge in [-0.2, -0.15) is 5.10 Å². The fourth-order valence-electron chi connectivity index (χ4n) is 9.84. The molecule has 5 heterocycles. The molecule has 3 fully saturated rings. The molecule has 14 nitrogen and oxygen atoms in total. The first-order chi connectivity index (χ1) is 28.9. The maximum atomic E-state index is 13.5. The Hall–Kier alpha value is -5.18. The maximum absolute atomic E-state index is 13.5. The molecule has 0 radical (unpaired) electrons. The molecule has 1 aliphatic carbocycles. The number of benzene rings is 2. The molecule has 3 N–H and O–H groups in total. The number of para-hydroxylation sites is 1. The average Bonchev–Trinajstić information content (AvgIpc) is 3.75. The van der Waals surface area contributed by atoms with Crippen molar-refractivity contribution in [3.05, 3.63) is 87.7 Å². The molecular weight excluding hydrogens is 771 g/mol. The van der Waals surface area contributed by atoms with Gasteiger partial charge in [-0.1, -0.05) is 39.0 Å². The second-order valence-electron chi connectivity index (χ2n) is 19.3. The lowest BCUT2D eigenvalue weighted by Gasteiger charge is -2.39. The first-order valence-corrected chi connectivity index (χ1v) is 21.9. The number of carbonyl (C=O) groups excluding carboxylic acids is 3. The Kier molecular flexibility index (Phi) is 11.6. The highest BCUT2D eigenvalue weighted by molar-refractivity contribution is 6.04. The number of likely N-dealkylation sites (tertiary alicyclic amines) is 1. The van der Waals surface area contributed by atoms with E-state index in [4.69, 9.17) is 5.10 Å². The second kappa shape index (κ2) is 16.6. The summed E-state index contributed by atoms with van der Waals surface area (Å²) in [5, 5.41) is 22.5. The zero-order valence-corrected chi connectivity index (χ0v) is 36.7. The van der Waals surface area contributed by atoms with Crippen molar-refractivity contribution in [1.29, 1.82) is 0 Å². The molecule has 0 bridgehead atoms. The summed E-state index contributed by atoms with van der Waals surface area (Å²) in [5.74, 6) is -0.414. The van der Waals surface area contributed by atoms with E-state index < -0.39 is 17.6 Å². The maximum Gasteiger partial charge on any atom is 0.329 e. The zero-order valence-electron chi connectivity index (χ0n) is 36.7. The Balaban J connectivity index is 0.860. The number of imidazole rings is 1. The van der Waals surface area contributed by atoms with Crippen molar-refractivity contribution in [3.63, 3.8) is 0 Å². The highest BCUT2D eigenvalue weighted by atomic mass is 16.3. The lowest BCUT2D eigenvalue weighted by Crippen LogP contribution is -2.44. The van der Waals surface area contributed by atoms with E-state index >= 15 is 0 Å². The molecule has 61 heavy (non-hydrogen) atoms. The molecule has 324 valence electrons. The fraction of sp³-hybridized carbons (Fsp3) is 0.532. The zero-order chi connectivity index (χ0) is 43.4. The predicted octanol–water partition coefficient (Wildman–Crippen LogP) is 6.17. The number of nitrogens with one attached hydrogen (secondary N) is 2. The van der Waals surface area contributed by atoms with Crippen LogP contribution in [0.3, 0.4) is 0 Å². The number of pyridine rings is 1. The number of anilines is 1. The number of aliphatic hydroxyl groups is 1. The van der Waals surface area contributed by atoms with Crippen LogP contribution in [0.4, 0.5) is 5.69 Å². The van der Waals surface area contributed by atoms with Crippen molar-refractivity contribution >= 4 is 45.3 Å². The summed E-state index contributed by atoms with van der Waals surface area (Å²) in [5.41, 5.74) is 4.13. The third-order valence-electron chi connectivity index (χ3n) is 13.3. The van der Waals surface area contributed by atoms with Crippen molar-refractivity contribution in [3.8, 4) is 0 Å². The van der Waals surface area contributed by atoms with Gasteiger partial charge >= 0.3 is 5.69 Å². The van der Waals surface area contributed by atoms with Crippen LogP contribution < -0.4 is 16.3 Å². The Morgan fingerprint density at radius 2 is 1.67 bits per heavy atom. The summed E-state index contributed by atoms with van der Waals surface area (Å²) in [4.78, 5) is 61.1. The van der Waals surface area contributed by atoms with Gasteiger partial charge in [-0.3, -0.25) is 38.4 Å². The van der Waals surface area contributed by atoms with E-state index in [0.717, 1.165) is 97.9 Å². The monoisotopic (exact) mass is 831 g/mol. The van der Waals surface area contributed by atoms with Crippen molar-refractivity contribution in [2.24, 2.45) is 13.0 Å². The number of carbonyl (C=O) groups is 3. The summed E-state index contributed by atoms with van der Waals surface area (Å²) in [6.45, 7) is 13.4. The molecule has 2 saturated heterocycles. The average molecular weight is 832 g/mol. The van der Waals surface area contributed by atoms with Gasteiger partial charge in [0.15, 0.2) is 0 Å². The van der Waals surface area contributed by atoms with Crippen LogP contribution in [-0.2, 0) is 34.2 Å². The number of rotatable bonds is 10. The normalized spacial score (nSPS) is 21.1. The predicted molar refractivity (Wildman–Crippen MR) is 236 cm³/mol. The minimum atomic E-state index is -1.20. The summed E-state index contributed by atoms with van der Waals surface area (Å²) in [6.07, 6.45) is 9.11. The standard InChI is InChI=1S/C47H61N9O5/c1-46(2,3)40-13-9-11-35(48-40)43(58)49-37-24-31-28-55(51-36(31)25-34(37)47(4,5)61)33-16-14-29(15-17-33)26-52(6)32-20-22-54(23-21-32)27-30-10-8-12-38-42(30)53(7)45(60)56(38)39-18-19-41(57)50-44(39)59/h8-13,24-25,28-29,32-33,39,61H,14-23,26-27H2,1-7H3,(H,49,58)(H,50,57,59). The van der Waals surface area contributed by atoms with Gasteiger partial charge in [0.2, 0.25) is 11.8 Å². The van der Waals surface area contributed by atoms with E-state index in [1.165, 1.54) is 0 Å². The molecule has 2 aromatic carbocycles. The van der Waals surface area contributed by atoms with Gasteiger partial charge in [0.1, 0.15) is 11.7 Å². The first-order valence-electron chi connectivity index (χ1n) is 21.9. The van der Waals surface area contributed by atoms with E-state index in [2.05, 4.69) is 70.2 Å². The first kappa shape index (κ1) is 42.5. The number of piperidine rings is 2. The van der Waals surface area contributed by atoms with Crippen molar-refractivity contribution < 1.29 is 19.5 Å². The Bertz CT molecular complexity index is 2520. The van der Waals surface area contributed by atoms with Crippen LogP contribution in [0.1, 0.15) is 125 Å². The number of nitrogens with zero attached hydrogens (tertiary/aromatic N) is 7. The van der Waals surface area contributed by atoms with Crippen molar-refractivity contribution in [1.82, 2.24) is 39.0 Å². The number of fused-ring (bicyclic) bond motifs is 2. The summed E-state index contributed by atoms with van der Waals surface area (Å²) in [7, 11) is 4.04. The third kappa shape index (κ3) is 8.80. The fourth-order valence-corrected chi connectivity index (χ4v) is 9.84. The summed E-state index contributed by atoms with van der Waals surface area (Å²) < 4.78 is 5.30. The van der Waals surface area contributed by atoms with Crippen LogP contribution in [-0.4, -0.2) is 89.3 Å². The Morgan fingerprint density at radius 1 is 0.951 bits per heavy atom. The van der Waals surface area contributed by atoms with Crippen LogP contribution >= 0.6 is 0 Å². The van der Waals surface area contributed by atoms with E-state index in [1.807, 2.05) is 36.4 Å². The molecular formula is C47H61N9O5. The van der Waals surface area contributed by atoms with E-state index in [9.17, 15) is 24.3 Å². The number of aryl methyl sites for hydroxylation is 1. The Morgan fingerprint density at radius 3 is 2.36 bits per heavy atom. The molecule has 3 aliphatic rings. The third-order valence-corrected chi connectivity index (χ3v) is 13.3. The van der Waals surface area contributed by atoms with Crippen molar-refractivity contribution in [2.75, 3.05) is 32.0 Å². The van der Waals surface area contributed by atoms with Gasteiger partial charge in [-0.05, 0) is 121 Å². The lowest BCUT2D eigenvalue weighted by atomic mass is 9.85. The Labute approximate surface area is 357 Å². The second-order valence-corrected chi connectivity index (χ2v) is 19.3. The molecule has 8 rings (SSSR count). The summed E-state index contributed by atoms with van der Waals surface area (Å²) in [6, 6.07) is 15.4. The molecule has 2 aliphatic heterocycles. The van der Waals surface area contributed by atoms with Crippen LogP contribution in [0.5, 0.6) is 0 Å². The molecule has 3 amide bonds. The SMILES string of the molecule is CN(CC1CCC(n2cc3cc(NC(=O)c4cccc(C(C)(C)C)n4)c(C(C)(C)O)cc3n2)CC1)C1CCN(Cc2cccc3c2n(C)c(=O)n3C2CCC(=O)NC2=O)CC1. The minimum absolute atomic E-state index is 0.196. The molecule has 5 aromatic rings. The lowest BCUT2D eigenvalue weighted by molar-refractivity contribution is -0.135. The van der Waals surface area contributed by atoms with E-state index in [-0.39, 0.29) is 35.4 Å². The topological polar surface area (TPSA) is 160 Å². The molecule has 1 atom stereocenters. The van der Waals surface area contributed by atoms with Gasteiger partial charge in [-0.15, -0.1) is 0 Å². The number of amides is 3. The smallest absolute Gasteiger partial charge is 0.329 e. The van der Waals surface area contributed by atoms with Crippen LogP contribution in [0.25, 0.3) is 21.9 Å². The van der Waals surface area contributed by atoms with Crippen LogP contribution in [0.15, 0.2) is 59.5 Å². The molecule has 1 unspecified atom stereocenters. The van der Waals surface area contributed by atoms with Gasteiger partial charge in [-0.25, -0.2) is 9.78 Å². The molecule has 14 heteroatoms. The van der Waals surface area contributed by atoms with Gasteiger partial charge in [0.05, 0.1) is 28.2 Å². The van der Waals surface area contributed by atoms with Crippen LogP contribution in [0, 0.1) is 5.92 Å². The van der Waals surface area contributed by atoms with E-state index in [1.54, 1.807) is 36.1 Å². The van der Waals surface area contributed by atoms with Crippen molar-refractivity contribution in [2.45, 2.75) is 122 Å². The van der Waals surface area contributed by atoms with Gasteiger partial charge in [0.25, 0.3) is 5.91 Å². The number of hydrogen-bond acceptors (Lipinski definition) is 9.